The number of likely N-dealkylation sites (N-methyl/N-ethyl adjacent to an activating group) is 1. The summed E-state index contributed by atoms with van der Waals surface area (Å²) in [6, 6.07) is 9.77. The van der Waals surface area contributed by atoms with Gasteiger partial charge in [-0.2, -0.15) is 5.10 Å². The number of thiazole rings is 1. The number of carbonyl (C=O) groups excluding carboxylic acids is 1. The normalized spacial score (nSPS) is 12.1. The van der Waals surface area contributed by atoms with Crippen LogP contribution in [0.4, 0.5) is 0 Å². The first-order valence-electron chi connectivity index (χ1n) is 8.53. The van der Waals surface area contributed by atoms with Crippen molar-refractivity contribution in [2.24, 2.45) is 7.05 Å². The van der Waals surface area contributed by atoms with Crippen LogP contribution in [-0.4, -0.2) is 34.3 Å². The smallest absolute Gasteiger partial charge is 0.241 e. The summed E-state index contributed by atoms with van der Waals surface area (Å²) in [6.45, 7) is 2.64. The van der Waals surface area contributed by atoms with Crippen molar-refractivity contribution in [3.05, 3.63) is 58.2 Å². The molecule has 0 aliphatic carbocycles. The monoisotopic (exact) mass is 369 g/mol. The first-order valence-corrected chi connectivity index (χ1v) is 9.35. The molecular weight excluding hydrogens is 346 g/mol. The highest BCUT2D eigenvalue weighted by atomic mass is 32.1. The minimum atomic E-state index is -0.401. The zero-order valence-electron chi connectivity index (χ0n) is 15.2. The number of nitrogens with zero attached hydrogens (tertiary/aromatic N) is 3. The molecule has 2 N–H and O–H groups in total. The Balaban J connectivity index is 1.59. The van der Waals surface area contributed by atoms with E-state index in [0.717, 1.165) is 21.8 Å². The first-order chi connectivity index (χ1) is 12.6. The maximum absolute atomic E-state index is 12.4. The van der Waals surface area contributed by atoms with E-state index in [4.69, 9.17) is 4.98 Å². The molecule has 0 bridgehead atoms. The Morgan fingerprint density at radius 3 is 2.73 bits per heavy atom. The van der Waals surface area contributed by atoms with Gasteiger partial charge in [0.25, 0.3) is 0 Å². The summed E-state index contributed by atoms with van der Waals surface area (Å²) >= 11 is 1.68. The van der Waals surface area contributed by atoms with Crippen LogP contribution in [0.15, 0.2) is 42.7 Å². The van der Waals surface area contributed by atoms with Crippen LogP contribution in [0.3, 0.4) is 0 Å². The van der Waals surface area contributed by atoms with Gasteiger partial charge < -0.3 is 10.6 Å². The van der Waals surface area contributed by atoms with E-state index in [1.165, 1.54) is 4.88 Å². The molecule has 0 saturated heterocycles. The Labute approximate surface area is 157 Å². The highest BCUT2D eigenvalue weighted by Gasteiger charge is 2.19. The lowest BCUT2D eigenvalue weighted by Gasteiger charge is -2.14. The van der Waals surface area contributed by atoms with Crippen LogP contribution in [0.5, 0.6) is 0 Å². The number of benzene rings is 1. The van der Waals surface area contributed by atoms with Crippen molar-refractivity contribution in [3.8, 4) is 11.3 Å². The van der Waals surface area contributed by atoms with E-state index in [9.17, 15) is 4.79 Å². The number of aromatic nitrogens is 3. The Bertz CT molecular complexity index is 871. The SMILES string of the molecule is CNC(C(=O)NCCc1nc(-c2ccccc2)c(C)s1)c1cnn(C)c1. The Kier molecular flexibility index (Phi) is 5.80. The van der Waals surface area contributed by atoms with Gasteiger partial charge in [0, 0.05) is 42.2 Å². The molecule has 7 heteroatoms. The number of nitrogens with one attached hydrogen (secondary N) is 2. The molecule has 1 unspecified atom stereocenters. The highest BCUT2D eigenvalue weighted by molar-refractivity contribution is 7.12. The largest absolute Gasteiger partial charge is 0.354 e. The molecule has 0 aliphatic rings. The molecule has 0 aliphatic heterocycles. The van der Waals surface area contributed by atoms with Gasteiger partial charge in [0.15, 0.2) is 0 Å². The van der Waals surface area contributed by atoms with Gasteiger partial charge in [-0.3, -0.25) is 9.48 Å². The van der Waals surface area contributed by atoms with Crippen LogP contribution in [0.25, 0.3) is 11.3 Å². The van der Waals surface area contributed by atoms with Crippen molar-refractivity contribution in [2.45, 2.75) is 19.4 Å². The van der Waals surface area contributed by atoms with E-state index in [0.29, 0.717) is 13.0 Å². The van der Waals surface area contributed by atoms with Gasteiger partial charge in [-0.05, 0) is 14.0 Å². The summed E-state index contributed by atoms with van der Waals surface area (Å²) in [5.41, 5.74) is 3.01. The molecule has 0 saturated carbocycles. The lowest BCUT2D eigenvalue weighted by molar-refractivity contribution is -0.123. The maximum Gasteiger partial charge on any atom is 0.241 e. The molecule has 0 spiro atoms. The van der Waals surface area contributed by atoms with E-state index >= 15 is 0 Å². The Morgan fingerprint density at radius 1 is 1.31 bits per heavy atom. The number of hydrogen-bond donors (Lipinski definition) is 2. The van der Waals surface area contributed by atoms with Gasteiger partial charge in [-0.15, -0.1) is 11.3 Å². The molecule has 1 amide bonds. The minimum absolute atomic E-state index is 0.0583. The topological polar surface area (TPSA) is 71.8 Å². The molecule has 6 nitrogen and oxygen atoms in total. The molecule has 0 fully saturated rings. The minimum Gasteiger partial charge on any atom is -0.354 e. The van der Waals surface area contributed by atoms with Gasteiger partial charge >= 0.3 is 0 Å². The Morgan fingerprint density at radius 2 is 2.08 bits per heavy atom. The molecule has 26 heavy (non-hydrogen) atoms. The maximum atomic E-state index is 12.4. The average molecular weight is 369 g/mol. The lowest BCUT2D eigenvalue weighted by atomic mass is 10.1. The molecule has 0 radical (unpaired) electrons. The third kappa shape index (κ3) is 4.17. The predicted octanol–water partition coefficient (Wildman–Crippen LogP) is 2.47. The Hall–Kier alpha value is -2.51. The summed E-state index contributed by atoms with van der Waals surface area (Å²) in [4.78, 5) is 18.4. The van der Waals surface area contributed by atoms with E-state index in [2.05, 4.69) is 34.8 Å². The molecule has 136 valence electrons. The van der Waals surface area contributed by atoms with Crippen molar-refractivity contribution in [2.75, 3.05) is 13.6 Å². The number of hydrogen-bond acceptors (Lipinski definition) is 5. The summed E-state index contributed by atoms with van der Waals surface area (Å²) in [6.07, 6.45) is 4.27. The summed E-state index contributed by atoms with van der Waals surface area (Å²) in [7, 11) is 3.61. The molecule has 1 atom stereocenters. The standard InChI is InChI=1S/C19H23N5OS/c1-13-17(14-7-5-4-6-8-14)23-16(26-13)9-10-21-19(25)18(20-2)15-11-22-24(3)12-15/h4-8,11-12,18,20H,9-10H2,1-3H3,(H,21,25). The zero-order chi connectivity index (χ0) is 18.5. The van der Waals surface area contributed by atoms with Crippen LogP contribution < -0.4 is 10.6 Å². The number of amides is 1. The van der Waals surface area contributed by atoms with E-state index in [-0.39, 0.29) is 5.91 Å². The van der Waals surface area contributed by atoms with Gasteiger partial charge in [-0.25, -0.2) is 4.98 Å². The second-order valence-electron chi connectivity index (χ2n) is 6.09. The van der Waals surface area contributed by atoms with Crippen molar-refractivity contribution < 1.29 is 4.79 Å². The summed E-state index contributed by atoms with van der Waals surface area (Å²) < 4.78 is 1.69. The van der Waals surface area contributed by atoms with Crippen molar-refractivity contribution in [1.29, 1.82) is 0 Å². The van der Waals surface area contributed by atoms with Crippen molar-refractivity contribution in [1.82, 2.24) is 25.4 Å². The van der Waals surface area contributed by atoms with Crippen LogP contribution in [0, 0.1) is 6.92 Å². The molecule has 1 aromatic carbocycles. The summed E-state index contributed by atoms with van der Waals surface area (Å²) in [5, 5.41) is 11.2. The van der Waals surface area contributed by atoms with Crippen LogP contribution in [0.2, 0.25) is 0 Å². The highest BCUT2D eigenvalue weighted by Crippen LogP contribution is 2.27. The third-order valence-corrected chi connectivity index (χ3v) is 5.17. The van der Waals surface area contributed by atoms with Gasteiger partial charge in [-0.1, -0.05) is 30.3 Å². The third-order valence-electron chi connectivity index (χ3n) is 4.14. The number of rotatable bonds is 7. The second kappa shape index (κ2) is 8.25. The fourth-order valence-electron chi connectivity index (χ4n) is 2.86. The molecule has 2 heterocycles. The average Bonchev–Trinajstić information content (AvgIpc) is 3.22. The quantitative estimate of drug-likeness (QED) is 0.671. The molecule has 3 rings (SSSR count). The van der Waals surface area contributed by atoms with E-state index < -0.39 is 6.04 Å². The van der Waals surface area contributed by atoms with Crippen LogP contribution in [0.1, 0.15) is 21.5 Å². The second-order valence-corrected chi connectivity index (χ2v) is 7.38. The molecular formula is C19H23N5OS. The van der Waals surface area contributed by atoms with Gasteiger partial charge in [0.2, 0.25) is 5.91 Å². The predicted molar refractivity (Wildman–Crippen MR) is 104 cm³/mol. The number of aryl methyl sites for hydroxylation is 2. The summed E-state index contributed by atoms with van der Waals surface area (Å²) in [5.74, 6) is -0.0583. The fourth-order valence-corrected chi connectivity index (χ4v) is 3.81. The zero-order valence-corrected chi connectivity index (χ0v) is 16.0. The molecule has 2 aromatic heterocycles. The van der Waals surface area contributed by atoms with Crippen LogP contribution in [-0.2, 0) is 18.3 Å². The van der Waals surface area contributed by atoms with Crippen molar-refractivity contribution >= 4 is 17.2 Å². The van der Waals surface area contributed by atoms with Gasteiger partial charge in [0.05, 0.1) is 16.9 Å². The lowest BCUT2D eigenvalue weighted by Crippen LogP contribution is -2.36. The van der Waals surface area contributed by atoms with E-state index in [1.54, 1.807) is 29.3 Å². The molecule has 3 aromatic rings. The van der Waals surface area contributed by atoms with E-state index in [1.807, 2.05) is 31.4 Å². The first kappa shape index (κ1) is 18.3. The number of carbonyl (C=O) groups is 1. The fraction of sp³-hybridized carbons (Fsp3) is 0.316. The van der Waals surface area contributed by atoms with Crippen LogP contribution >= 0.6 is 11.3 Å². The van der Waals surface area contributed by atoms with Crippen molar-refractivity contribution in [3.63, 3.8) is 0 Å². The van der Waals surface area contributed by atoms with Gasteiger partial charge in [0.1, 0.15) is 6.04 Å².